The highest BCUT2D eigenvalue weighted by Crippen LogP contribution is 2.33. The van der Waals surface area contributed by atoms with Crippen molar-refractivity contribution < 1.29 is 14.7 Å². The molecular weight excluding hydrogens is 338 g/mol. The fraction of sp³-hybridized carbons (Fsp3) is 0.304. The molecule has 0 amide bonds. The maximum Gasteiger partial charge on any atom is 0.336 e. The van der Waals surface area contributed by atoms with E-state index in [9.17, 15) is 14.7 Å². The predicted molar refractivity (Wildman–Crippen MR) is 106 cm³/mol. The van der Waals surface area contributed by atoms with Gasteiger partial charge in [-0.25, -0.2) is 4.79 Å². The SMILES string of the molecule is C#Cc1cc(C(=O)O)c(C(=O)c2ccc(C3CCCCC3)cc2)c(N)c1C. The van der Waals surface area contributed by atoms with E-state index in [1.54, 1.807) is 19.1 Å². The second-order valence-corrected chi connectivity index (χ2v) is 7.12. The van der Waals surface area contributed by atoms with Crippen LogP contribution in [0.25, 0.3) is 0 Å². The first-order valence-electron chi connectivity index (χ1n) is 9.21. The van der Waals surface area contributed by atoms with E-state index in [4.69, 9.17) is 12.2 Å². The first-order valence-corrected chi connectivity index (χ1v) is 9.21. The van der Waals surface area contributed by atoms with E-state index in [0.29, 0.717) is 22.6 Å². The summed E-state index contributed by atoms with van der Waals surface area (Å²) in [5, 5.41) is 9.53. The molecule has 0 aromatic heterocycles. The lowest BCUT2D eigenvalue weighted by Crippen LogP contribution is -2.15. The molecular formula is C23H23NO3. The molecule has 0 unspecified atom stereocenters. The Hall–Kier alpha value is -3.06. The smallest absolute Gasteiger partial charge is 0.336 e. The molecule has 0 saturated heterocycles. The summed E-state index contributed by atoms with van der Waals surface area (Å²) in [5.74, 6) is 1.35. The Kier molecular flexibility index (Phi) is 5.32. The van der Waals surface area contributed by atoms with Crippen molar-refractivity contribution in [2.75, 3.05) is 5.73 Å². The maximum atomic E-state index is 13.0. The molecule has 0 aliphatic heterocycles. The van der Waals surface area contributed by atoms with Crippen molar-refractivity contribution in [1.82, 2.24) is 0 Å². The van der Waals surface area contributed by atoms with Crippen molar-refractivity contribution in [1.29, 1.82) is 0 Å². The van der Waals surface area contributed by atoms with Crippen molar-refractivity contribution in [3.05, 3.63) is 63.7 Å². The summed E-state index contributed by atoms with van der Waals surface area (Å²) in [6.07, 6.45) is 11.6. The Bertz CT molecular complexity index is 930. The van der Waals surface area contributed by atoms with E-state index in [2.05, 4.69) is 5.92 Å². The summed E-state index contributed by atoms with van der Waals surface area (Å²) in [4.78, 5) is 24.7. The molecule has 2 aromatic rings. The zero-order chi connectivity index (χ0) is 19.6. The lowest BCUT2D eigenvalue weighted by Gasteiger charge is -2.22. The standard InChI is InChI=1S/C23H23NO3/c1-3-15-13-19(23(26)27)20(21(24)14(15)2)22(25)18-11-9-17(10-12-18)16-7-5-4-6-8-16/h1,9-13,16H,4-8,24H2,2H3,(H,26,27). The van der Waals surface area contributed by atoms with E-state index in [0.717, 1.165) is 0 Å². The van der Waals surface area contributed by atoms with E-state index in [-0.39, 0.29) is 16.8 Å². The quantitative estimate of drug-likeness (QED) is 0.476. The van der Waals surface area contributed by atoms with Crippen molar-refractivity contribution in [2.45, 2.75) is 44.9 Å². The van der Waals surface area contributed by atoms with Crippen molar-refractivity contribution in [2.24, 2.45) is 0 Å². The van der Waals surface area contributed by atoms with E-state index in [1.807, 2.05) is 12.1 Å². The highest BCUT2D eigenvalue weighted by atomic mass is 16.4. The molecule has 1 fully saturated rings. The third-order valence-corrected chi connectivity index (χ3v) is 5.50. The Labute approximate surface area is 159 Å². The second kappa shape index (κ2) is 7.67. The third-order valence-electron chi connectivity index (χ3n) is 5.50. The van der Waals surface area contributed by atoms with E-state index >= 15 is 0 Å². The minimum Gasteiger partial charge on any atom is -0.478 e. The van der Waals surface area contributed by atoms with Crippen LogP contribution in [0.3, 0.4) is 0 Å². The van der Waals surface area contributed by atoms with Gasteiger partial charge in [0.2, 0.25) is 0 Å². The zero-order valence-electron chi connectivity index (χ0n) is 15.4. The first-order chi connectivity index (χ1) is 12.9. The average Bonchev–Trinajstić information content (AvgIpc) is 2.70. The Morgan fingerprint density at radius 2 is 1.78 bits per heavy atom. The summed E-state index contributed by atoms with van der Waals surface area (Å²) in [6, 6.07) is 8.83. The van der Waals surface area contributed by atoms with E-state index < -0.39 is 11.8 Å². The molecule has 3 N–H and O–H groups in total. The normalized spacial score (nSPS) is 14.5. The highest BCUT2D eigenvalue weighted by Gasteiger charge is 2.24. The van der Waals surface area contributed by atoms with Crippen LogP contribution >= 0.6 is 0 Å². The number of rotatable bonds is 4. The fourth-order valence-electron chi connectivity index (χ4n) is 3.85. The van der Waals surface area contributed by atoms with Gasteiger partial charge in [0.1, 0.15) is 0 Å². The van der Waals surface area contributed by atoms with Crippen LogP contribution in [0, 0.1) is 19.3 Å². The average molecular weight is 361 g/mol. The van der Waals surface area contributed by atoms with Crippen LogP contribution in [0.15, 0.2) is 30.3 Å². The molecule has 1 saturated carbocycles. The number of carbonyl (C=O) groups is 2. The van der Waals surface area contributed by atoms with Crippen LogP contribution < -0.4 is 5.73 Å². The van der Waals surface area contributed by atoms with Gasteiger partial charge >= 0.3 is 5.97 Å². The second-order valence-electron chi connectivity index (χ2n) is 7.12. The number of carboxylic acids is 1. The molecule has 4 nitrogen and oxygen atoms in total. The van der Waals surface area contributed by atoms with Gasteiger partial charge in [-0.3, -0.25) is 4.79 Å². The molecule has 4 heteroatoms. The fourth-order valence-corrected chi connectivity index (χ4v) is 3.85. The molecule has 3 rings (SSSR count). The molecule has 138 valence electrons. The lowest BCUT2D eigenvalue weighted by atomic mass is 9.83. The number of hydrogen-bond acceptors (Lipinski definition) is 3. The monoisotopic (exact) mass is 361 g/mol. The maximum absolute atomic E-state index is 13.0. The van der Waals surface area contributed by atoms with Crippen molar-refractivity contribution in [3.63, 3.8) is 0 Å². The molecule has 2 aromatic carbocycles. The molecule has 0 bridgehead atoms. The molecule has 1 aliphatic rings. The summed E-state index contributed by atoms with van der Waals surface area (Å²) < 4.78 is 0. The van der Waals surface area contributed by atoms with Crippen LogP contribution in [0.2, 0.25) is 0 Å². The lowest BCUT2D eigenvalue weighted by molar-refractivity contribution is 0.0693. The van der Waals surface area contributed by atoms with Gasteiger partial charge in [0.05, 0.1) is 11.1 Å². The van der Waals surface area contributed by atoms with Gasteiger partial charge in [0.25, 0.3) is 0 Å². The van der Waals surface area contributed by atoms with Gasteiger partial charge in [0.15, 0.2) is 5.78 Å². The van der Waals surface area contributed by atoms with Gasteiger partial charge in [-0.05, 0) is 42.9 Å². The number of anilines is 1. The molecule has 1 aliphatic carbocycles. The summed E-state index contributed by atoms with van der Waals surface area (Å²) in [7, 11) is 0. The number of carboxylic acid groups (broad SMARTS) is 1. The topological polar surface area (TPSA) is 80.4 Å². The van der Waals surface area contributed by atoms with Gasteiger partial charge < -0.3 is 10.8 Å². The molecule has 0 heterocycles. The third kappa shape index (κ3) is 3.59. The minimum atomic E-state index is -1.22. The Morgan fingerprint density at radius 3 is 2.33 bits per heavy atom. The minimum absolute atomic E-state index is 0.00409. The van der Waals surface area contributed by atoms with E-state index in [1.165, 1.54) is 43.7 Å². The van der Waals surface area contributed by atoms with Gasteiger partial charge in [-0.1, -0.05) is 49.4 Å². The van der Waals surface area contributed by atoms with Crippen LogP contribution in [0.4, 0.5) is 5.69 Å². The number of aromatic carboxylic acids is 1. The van der Waals surface area contributed by atoms with Crippen LogP contribution in [0.1, 0.15) is 81.0 Å². The predicted octanol–water partition coefficient (Wildman–Crippen LogP) is 4.54. The highest BCUT2D eigenvalue weighted by molar-refractivity contribution is 6.17. The Morgan fingerprint density at radius 1 is 1.15 bits per heavy atom. The molecule has 27 heavy (non-hydrogen) atoms. The zero-order valence-corrected chi connectivity index (χ0v) is 15.4. The van der Waals surface area contributed by atoms with Gasteiger partial charge in [-0.15, -0.1) is 6.42 Å². The first kappa shape index (κ1) is 18.7. The number of hydrogen-bond donors (Lipinski definition) is 2. The van der Waals surface area contributed by atoms with Crippen molar-refractivity contribution in [3.8, 4) is 12.3 Å². The summed E-state index contributed by atoms with van der Waals surface area (Å²) in [6.45, 7) is 1.69. The number of terminal acetylenes is 1. The number of carbonyl (C=O) groups excluding carboxylic acids is 1. The number of nitrogen functional groups attached to an aromatic ring is 1. The number of ketones is 1. The molecule has 0 atom stereocenters. The van der Waals surface area contributed by atoms with Crippen LogP contribution in [-0.4, -0.2) is 16.9 Å². The number of nitrogens with two attached hydrogens (primary N) is 1. The van der Waals surface area contributed by atoms with Crippen molar-refractivity contribution >= 4 is 17.4 Å². The van der Waals surface area contributed by atoms with Gasteiger partial charge in [-0.2, -0.15) is 0 Å². The molecule has 0 spiro atoms. The molecule has 0 radical (unpaired) electrons. The number of benzene rings is 2. The van der Waals surface area contributed by atoms with Crippen LogP contribution in [0.5, 0.6) is 0 Å². The Balaban J connectivity index is 1.99. The summed E-state index contributed by atoms with van der Waals surface area (Å²) >= 11 is 0. The summed E-state index contributed by atoms with van der Waals surface area (Å²) in [5.41, 5.74) is 8.67. The van der Waals surface area contributed by atoms with Gasteiger partial charge in [0, 0.05) is 16.8 Å². The van der Waals surface area contributed by atoms with Crippen LogP contribution in [-0.2, 0) is 0 Å². The largest absolute Gasteiger partial charge is 0.478 e.